The number of hydrogen-bond donors (Lipinski definition) is 1. The van der Waals surface area contributed by atoms with Gasteiger partial charge in [0.1, 0.15) is 17.6 Å². The second-order valence-corrected chi connectivity index (χ2v) is 7.36. The lowest BCUT2D eigenvalue weighted by molar-refractivity contribution is -0.146. The first-order chi connectivity index (χ1) is 14.5. The van der Waals surface area contributed by atoms with Gasteiger partial charge in [-0.1, -0.05) is 42.5 Å². The third kappa shape index (κ3) is 4.16. The number of halogens is 1. The molecule has 4 rings (SSSR count). The zero-order valence-corrected chi connectivity index (χ0v) is 16.5. The molecule has 6 nitrogen and oxygen atoms in total. The molecule has 0 radical (unpaired) electrons. The first-order valence-corrected chi connectivity index (χ1v) is 9.77. The first kappa shape index (κ1) is 20.0. The maximum atomic E-state index is 14.1. The lowest BCUT2D eigenvalue weighted by Gasteiger charge is -2.22. The van der Waals surface area contributed by atoms with Crippen molar-refractivity contribution in [3.63, 3.8) is 0 Å². The largest absolute Gasteiger partial charge is 0.468 e. The van der Waals surface area contributed by atoms with Gasteiger partial charge in [-0.3, -0.25) is 14.5 Å². The average molecular weight is 407 g/mol. The Morgan fingerprint density at radius 1 is 1.13 bits per heavy atom. The highest BCUT2D eigenvalue weighted by Crippen LogP contribution is 2.23. The van der Waals surface area contributed by atoms with Crippen molar-refractivity contribution in [1.29, 1.82) is 0 Å². The summed E-state index contributed by atoms with van der Waals surface area (Å²) >= 11 is 0. The number of likely N-dealkylation sites (tertiary alicyclic amines) is 1. The van der Waals surface area contributed by atoms with Crippen LogP contribution in [0.25, 0.3) is 10.9 Å². The Balaban J connectivity index is 1.49. The van der Waals surface area contributed by atoms with Gasteiger partial charge in [-0.05, 0) is 24.6 Å². The van der Waals surface area contributed by atoms with Crippen molar-refractivity contribution in [3.8, 4) is 0 Å². The molecule has 7 heteroatoms. The van der Waals surface area contributed by atoms with E-state index in [-0.39, 0.29) is 24.3 Å². The SMILES string of the molecule is COC(=O)[C@@H]1C[C@@H](NC(=O)c2ccc3ccccc3n2)CN1Cc1ccccc1F. The molecule has 1 N–H and O–H groups in total. The minimum atomic E-state index is -0.551. The fourth-order valence-corrected chi connectivity index (χ4v) is 3.86. The summed E-state index contributed by atoms with van der Waals surface area (Å²) < 4.78 is 19.0. The van der Waals surface area contributed by atoms with Crippen molar-refractivity contribution in [2.75, 3.05) is 13.7 Å². The van der Waals surface area contributed by atoms with E-state index in [4.69, 9.17) is 4.74 Å². The lowest BCUT2D eigenvalue weighted by Crippen LogP contribution is -2.38. The highest BCUT2D eigenvalue weighted by molar-refractivity contribution is 5.95. The Morgan fingerprint density at radius 3 is 2.70 bits per heavy atom. The number of fused-ring (bicyclic) bond motifs is 1. The molecule has 2 aromatic carbocycles. The maximum absolute atomic E-state index is 14.1. The summed E-state index contributed by atoms with van der Waals surface area (Å²) in [6.07, 6.45) is 0.389. The number of methoxy groups -OCH3 is 1. The number of nitrogens with zero attached hydrogens (tertiary/aromatic N) is 2. The minimum Gasteiger partial charge on any atom is -0.468 e. The number of pyridine rings is 1. The van der Waals surface area contributed by atoms with Gasteiger partial charge in [-0.25, -0.2) is 9.37 Å². The summed E-state index contributed by atoms with van der Waals surface area (Å²) in [6.45, 7) is 0.667. The molecule has 0 unspecified atom stereocenters. The van der Waals surface area contributed by atoms with Crippen molar-refractivity contribution < 1.29 is 18.7 Å². The molecule has 1 fully saturated rings. The molecule has 0 saturated carbocycles. The fraction of sp³-hybridized carbons (Fsp3) is 0.261. The number of carbonyl (C=O) groups excluding carboxylic acids is 2. The number of aromatic nitrogens is 1. The Hall–Kier alpha value is -3.32. The molecule has 1 saturated heterocycles. The minimum absolute atomic E-state index is 0.257. The van der Waals surface area contributed by atoms with E-state index in [2.05, 4.69) is 10.3 Å². The molecule has 0 spiro atoms. The molecule has 30 heavy (non-hydrogen) atoms. The predicted octanol–water partition coefficient (Wildman–Crippen LogP) is 2.92. The summed E-state index contributed by atoms with van der Waals surface area (Å²) in [5, 5.41) is 3.91. The van der Waals surface area contributed by atoms with Crippen LogP contribution in [0.3, 0.4) is 0 Å². The van der Waals surface area contributed by atoms with Crippen LogP contribution in [0.4, 0.5) is 4.39 Å². The summed E-state index contributed by atoms with van der Waals surface area (Å²) in [6, 6.07) is 16.7. The van der Waals surface area contributed by atoms with Crippen LogP contribution in [0.15, 0.2) is 60.7 Å². The van der Waals surface area contributed by atoms with Gasteiger partial charge in [0.25, 0.3) is 5.91 Å². The quantitative estimate of drug-likeness (QED) is 0.659. The molecule has 2 heterocycles. The van der Waals surface area contributed by atoms with E-state index >= 15 is 0 Å². The van der Waals surface area contributed by atoms with Crippen LogP contribution >= 0.6 is 0 Å². The third-order valence-corrected chi connectivity index (χ3v) is 5.37. The fourth-order valence-electron chi connectivity index (χ4n) is 3.86. The number of nitrogens with one attached hydrogen (secondary N) is 1. The molecule has 1 aliphatic rings. The first-order valence-electron chi connectivity index (χ1n) is 9.77. The molecule has 2 atom stereocenters. The molecule has 3 aromatic rings. The average Bonchev–Trinajstić information content (AvgIpc) is 3.16. The van der Waals surface area contributed by atoms with Gasteiger partial charge in [-0.15, -0.1) is 0 Å². The normalized spacial score (nSPS) is 19.0. The molecule has 154 valence electrons. The van der Waals surface area contributed by atoms with Gasteiger partial charge in [0, 0.05) is 30.1 Å². The van der Waals surface area contributed by atoms with Crippen molar-refractivity contribution in [2.24, 2.45) is 0 Å². The standard InChI is InChI=1S/C23H22FN3O3/c1-30-23(29)21-12-17(14-27(21)13-16-7-2-4-8-18(16)24)25-22(28)20-11-10-15-6-3-5-9-19(15)26-20/h2-11,17,21H,12-14H2,1H3,(H,25,28)/t17-,21+/m1/s1. The van der Waals surface area contributed by atoms with Gasteiger partial charge >= 0.3 is 5.97 Å². The molecule has 1 aromatic heterocycles. The summed E-state index contributed by atoms with van der Waals surface area (Å²) in [5.74, 6) is -1.03. The van der Waals surface area contributed by atoms with Crippen molar-refractivity contribution in [2.45, 2.75) is 25.0 Å². The molecule has 1 aliphatic heterocycles. The van der Waals surface area contributed by atoms with Crippen LogP contribution < -0.4 is 5.32 Å². The Kier molecular flexibility index (Phi) is 5.72. The Bertz CT molecular complexity index is 1090. The van der Waals surface area contributed by atoms with Crippen molar-refractivity contribution in [3.05, 3.63) is 77.7 Å². The van der Waals surface area contributed by atoms with Gasteiger partial charge in [0.2, 0.25) is 0 Å². The van der Waals surface area contributed by atoms with E-state index in [1.165, 1.54) is 13.2 Å². The van der Waals surface area contributed by atoms with Gasteiger partial charge in [0.05, 0.1) is 12.6 Å². The van der Waals surface area contributed by atoms with E-state index in [0.29, 0.717) is 24.2 Å². The number of rotatable bonds is 5. The molecule has 1 amide bonds. The summed E-state index contributed by atoms with van der Waals surface area (Å²) in [5.41, 5.74) is 1.55. The van der Waals surface area contributed by atoms with Gasteiger partial charge in [0.15, 0.2) is 0 Å². The van der Waals surface area contributed by atoms with E-state index in [9.17, 15) is 14.0 Å². The van der Waals surface area contributed by atoms with Gasteiger partial charge < -0.3 is 10.1 Å². The zero-order valence-electron chi connectivity index (χ0n) is 16.5. The highest BCUT2D eigenvalue weighted by Gasteiger charge is 2.38. The monoisotopic (exact) mass is 407 g/mol. The summed E-state index contributed by atoms with van der Waals surface area (Å²) in [7, 11) is 1.33. The van der Waals surface area contributed by atoms with Crippen LogP contribution in [0.2, 0.25) is 0 Å². The molecular weight excluding hydrogens is 385 g/mol. The molecular formula is C23H22FN3O3. The van der Waals surface area contributed by atoms with Crippen molar-refractivity contribution >= 4 is 22.8 Å². The number of ether oxygens (including phenoxy) is 1. The molecule has 0 aliphatic carbocycles. The number of hydrogen-bond acceptors (Lipinski definition) is 5. The van der Waals surface area contributed by atoms with Crippen LogP contribution in [0, 0.1) is 5.82 Å². The lowest BCUT2D eigenvalue weighted by atomic mass is 10.1. The second kappa shape index (κ2) is 8.59. The van der Waals surface area contributed by atoms with Crippen LogP contribution in [-0.4, -0.2) is 47.5 Å². The smallest absolute Gasteiger partial charge is 0.323 e. The molecule has 0 bridgehead atoms. The van der Waals surface area contributed by atoms with Gasteiger partial charge in [-0.2, -0.15) is 0 Å². The number of esters is 1. The Labute approximate surface area is 173 Å². The number of benzene rings is 2. The zero-order chi connectivity index (χ0) is 21.1. The van der Waals surface area contributed by atoms with E-state index < -0.39 is 12.0 Å². The van der Waals surface area contributed by atoms with Crippen LogP contribution in [0.1, 0.15) is 22.5 Å². The number of para-hydroxylation sites is 1. The van der Waals surface area contributed by atoms with Crippen LogP contribution in [0.5, 0.6) is 0 Å². The van der Waals surface area contributed by atoms with E-state index in [1.807, 2.05) is 35.2 Å². The highest BCUT2D eigenvalue weighted by atomic mass is 19.1. The third-order valence-electron chi connectivity index (χ3n) is 5.37. The van der Waals surface area contributed by atoms with E-state index in [1.54, 1.807) is 24.3 Å². The second-order valence-electron chi connectivity index (χ2n) is 7.36. The predicted molar refractivity (Wildman–Crippen MR) is 110 cm³/mol. The number of amides is 1. The topological polar surface area (TPSA) is 71.5 Å². The van der Waals surface area contributed by atoms with E-state index in [0.717, 1.165) is 10.9 Å². The number of carbonyl (C=O) groups is 2. The summed E-state index contributed by atoms with van der Waals surface area (Å²) in [4.78, 5) is 31.3. The van der Waals surface area contributed by atoms with Crippen LogP contribution in [-0.2, 0) is 16.1 Å². The Morgan fingerprint density at radius 2 is 1.90 bits per heavy atom. The maximum Gasteiger partial charge on any atom is 0.323 e. The van der Waals surface area contributed by atoms with Crippen molar-refractivity contribution in [1.82, 2.24) is 15.2 Å².